The van der Waals surface area contributed by atoms with Gasteiger partial charge in [-0.25, -0.2) is 4.98 Å². The first-order valence-electron chi connectivity index (χ1n) is 6.71. The van der Waals surface area contributed by atoms with Gasteiger partial charge in [0.15, 0.2) is 5.13 Å². The lowest BCUT2D eigenvalue weighted by atomic mass is 10.1. The standard InChI is InChI=1S/C15H15N3O2S2/c1-8-5-9(6-12-13(8)18-15(16)22-12)14(20)17-7-10(19)11-3-2-4-21-11/h2-6,10,19H,7H2,1H3,(H2,16,18)(H,17,20). The molecule has 1 atom stereocenters. The number of nitrogens with one attached hydrogen (secondary N) is 1. The number of thiophene rings is 1. The van der Waals surface area contributed by atoms with E-state index in [-0.39, 0.29) is 12.5 Å². The molecule has 0 saturated carbocycles. The highest BCUT2D eigenvalue weighted by Crippen LogP contribution is 2.27. The molecule has 0 bridgehead atoms. The largest absolute Gasteiger partial charge is 0.386 e. The van der Waals surface area contributed by atoms with Crippen LogP contribution in [0.1, 0.15) is 26.9 Å². The molecule has 7 heteroatoms. The average Bonchev–Trinajstić information content (AvgIpc) is 3.13. The van der Waals surface area contributed by atoms with Gasteiger partial charge in [-0.15, -0.1) is 11.3 Å². The van der Waals surface area contributed by atoms with Crippen LogP contribution in [0, 0.1) is 6.92 Å². The highest BCUT2D eigenvalue weighted by molar-refractivity contribution is 7.22. The molecular formula is C15H15N3O2S2. The van der Waals surface area contributed by atoms with E-state index in [0.717, 1.165) is 20.7 Å². The number of anilines is 1. The van der Waals surface area contributed by atoms with Crippen molar-refractivity contribution in [2.75, 3.05) is 12.3 Å². The number of carbonyl (C=O) groups is 1. The van der Waals surface area contributed by atoms with Gasteiger partial charge in [0.05, 0.1) is 10.2 Å². The van der Waals surface area contributed by atoms with E-state index < -0.39 is 6.10 Å². The van der Waals surface area contributed by atoms with Gasteiger partial charge in [0.25, 0.3) is 5.91 Å². The Morgan fingerprint density at radius 1 is 1.50 bits per heavy atom. The predicted molar refractivity (Wildman–Crippen MR) is 90.4 cm³/mol. The molecule has 4 N–H and O–H groups in total. The van der Waals surface area contributed by atoms with Crippen molar-refractivity contribution in [1.29, 1.82) is 0 Å². The highest BCUT2D eigenvalue weighted by Gasteiger charge is 2.14. The van der Waals surface area contributed by atoms with Crippen LogP contribution in [0.3, 0.4) is 0 Å². The van der Waals surface area contributed by atoms with Crippen molar-refractivity contribution >= 4 is 43.9 Å². The zero-order chi connectivity index (χ0) is 15.7. The van der Waals surface area contributed by atoms with Gasteiger partial charge < -0.3 is 16.2 Å². The van der Waals surface area contributed by atoms with Crippen LogP contribution >= 0.6 is 22.7 Å². The molecule has 0 aliphatic rings. The van der Waals surface area contributed by atoms with E-state index in [9.17, 15) is 9.90 Å². The molecule has 0 spiro atoms. The van der Waals surface area contributed by atoms with Crippen LogP contribution in [0.4, 0.5) is 5.13 Å². The maximum Gasteiger partial charge on any atom is 0.251 e. The quantitative estimate of drug-likeness (QED) is 0.685. The first-order valence-corrected chi connectivity index (χ1v) is 8.40. The van der Waals surface area contributed by atoms with Gasteiger partial charge in [-0.05, 0) is 36.1 Å². The number of thiazole rings is 1. The molecule has 5 nitrogen and oxygen atoms in total. The summed E-state index contributed by atoms with van der Waals surface area (Å²) < 4.78 is 0.890. The molecular weight excluding hydrogens is 318 g/mol. The minimum Gasteiger partial charge on any atom is -0.386 e. The monoisotopic (exact) mass is 333 g/mol. The summed E-state index contributed by atoms with van der Waals surface area (Å²) in [6.45, 7) is 2.08. The second-order valence-electron chi connectivity index (χ2n) is 4.93. The summed E-state index contributed by atoms with van der Waals surface area (Å²) in [6, 6.07) is 7.28. The van der Waals surface area contributed by atoms with E-state index in [4.69, 9.17) is 5.73 Å². The fourth-order valence-corrected chi connectivity index (χ4v) is 3.78. The van der Waals surface area contributed by atoms with Gasteiger partial charge in [0.2, 0.25) is 0 Å². The van der Waals surface area contributed by atoms with Crippen molar-refractivity contribution in [2.24, 2.45) is 0 Å². The maximum absolute atomic E-state index is 12.3. The van der Waals surface area contributed by atoms with E-state index in [1.807, 2.05) is 24.4 Å². The molecule has 3 rings (SSSR count). The van der Waals surface area contributed by atoms with E-state index in [2.05, 4.69) is 10.3 Å². The van der Waals surface area contributed by atoms with Gasteiger partial charge in [-0.2, -0.15) is 0 Å². The van der Waals surface area contributed by atoms with Crippen LogP contribution in [0.25, 0.3) is 10.2 Å². The third-order valence-electron chi connectivity index (χ3n) is 3.29. The molecule has 0 radical (unpaired) electrons. The van der Waals surface area contributed by atoms with Crippen LogP contribution < -0.4 is 11.1 Å². The number of rotatable bonds is 4. The first-order chi connectivity index (χ1) is 10.5. The molecule has 0 aliphatic heterocycles. The SMILES string of the molecule is Cc1cc(C(=O)NCC(O)c2cccs2)cc2sc(N)nc12. The lowest BCUT2D eigenvalue weighted by molar-refractivity contribution is 0.0918. The second-order valence-corrected chi connectivity index (χ2v) is 6.97. The normalized spacial score (nSPS) is 12.5. The number of aliphatic hydroxyl groups is 1. The number of nitrogen functional groups attached to an aromatic ring is 1. The summed E-state index contributed by atoms with van der Waals surface area (Å²) >= 11 is 2.82. The molecule has 0 fully saturated rings. The molecule has 114 valence electrons. The number of aryl methyl sites for hydroxylation is 1. The number of fused-ring (bicyclic) bond motifs is 1. The van der Waals surface area contributed by atoms with Crippen LogP contribution in [0.2, 0.25) is 0 Å². The Balaban J connectivity index is 1.74. The predicted octanol–water partition coefficient (Wildman–Crippen LogP) is 2.71. The first kappa shape index (κ1) is 15.0. The third kappa shape index (κ3) is 2.96. The second kappa shape index (κ2) is 6.04. The Kier molecular flexibility index (Phi) is 4.10. The number of benzene rings is 1. The molecule has 2 aromatic heterocycles. The van der Waals surface area contributed by atoms with Crippen LogP contribution in [0.5, 0.6) is 0 Å². The van der Waals surface area contributed by atoms with E-state index in [1.165, 1.54) is 22.7 Å². The zero-order valence-corrected chi connectivity index (χ0v) is 13.5. The summed E-state index contributed by atoms with van der Waals surface area (Å²) in [5.74, 6) is -0.215. The number of carbonyl (C=O) groups excluding carboxylic acids is 1. The Morgan fingerprint density at radius 3 is 3.05 bits per heavy atom. The highest BCUT2D eigenvalue weighted by atomic mass is 32.1. The number of hydrogen-bond donors (Lipinski definition) is 3. The number of amides is 1. The molecule has 1 amide bonds. The summed E-state index contributed by atoms with van der Waals surface area (Å²) in [6.07, 6.45) is -0.687. The number of aliphatic hydroxyl groups excluding tert-OH is 1. The van der Waals surface area contributed by atoms with E-state index >= 15 is 0 Å². The lowest BCUT2D eigenvalue weighted by Gasteiger charge is -2.10. The molecule has 22 heavy (non-hydrogen) atoms. The topological polar surface area (TPSA) is 88.2 Å². The molecule has 2 heterocycles. The van der Waals surface area contributed by atoms with E-state index in [0.29, 0.717) is 10.7 Å². The van der Waals surface area contributed by atoms with E-state index in [1.54, 1.807) is 12.1 Å². The Hall–Kier alpha value is -1.96. The molecule has 0 saturated heterocycles. The fourth-order valence-electron chi connectivity index (χ4n) is 2.22. The third-order valence-corrected chi connectivity index (χ3v) is 5.10. The van der Waals surface area contributed by atoms with Crippen molar-refractivity contribution < 1.29 is 9.90 Å². The Labute approximate surface area is 135 Å². The Bertz CT molecular complexity index is 812. The van der Waals surface area contributed by atoms with Gasteiger partial charge in [0, 0.05) is 17.0 Å². The van der Waals surface area contributed by atoms with Crippen LogP contribution in [-0.2, 0) is 0 Å². The minimum atomic E-state index is -0.687. The number of nitrogens with two attached hydrogens (primary N) is 1. The summed E-state index contributed by atoms with van der Waals surface area (Å²) in [5.41, 5.74) is 8.00. The van der Waals surface area contributed by atoms with Crippen molar-refractivity contribution in [1.82, 2.24) is 10.3 Å². The number of hydrogen-bond acceptors (Lipinski definition) is 6. The smallest absolute Gasteiger partial charge is 0.251 e. The number of nitrogens with zero attached hydrogens (tertiary/aromatic N) is 1. The minimum absolute atomic E-state index is 0.182. The van der Waals surface area contributed by atoms with Crippen molar-refractivity contribution in [3.05, 3.63) is 45.6 Å². The summed E-state index contributed by atoms with van der Waals surface area (Å²) in [5, 5.41) is 15.1. The number of aromatic nitrogens is 1. The lowest BCUT2D eigenvalue weighted by Crippen LogP contribution is -2.28. The zero-order valence-electron chi connectivity index (χ0n) is 11.9. The maximum atomic E-state index is 12.3. The van der Waals surface area contributed by atoms with Crippen molar-refractivity contribution in [2.45, 2.75) is 13.0 Å². The van der Waals surface area contributed by atoms with Crippen molar-refractivity contribution in [3.63, 3.8) is 0 Å². The fraction of sp³-hybridized carbons (Fsp3) is 0.200. The summed E-state index contributed by atoms with van der Waals surface area (Å²) in [7, 11) is 0. The average molecular weight is 333 g/mol. The molecule has 1 aromatic carbocycles. The van der Waals surface area contributed by atoms with Gasteiger partial charge in [-0.3, -0.25) is 4.79 Å². The van der Waals surface area contributed by atoms with Gasteiger partial charge in [-0.1, -0.05) is 17.4 Å². The molecule has 0 aliphatic carbocycles. The van der Waals surface area contributed by atoms with Gasteiger partial charge >= 0.3 is 0 Å². The van der Waals surface area contributed by atoms with Crippen molar-refractivity contribution in [3.8, 4) is 0 Å². The van der Waals surface area contributed by atoms with Crippen LogP contribution in [-0.4, -0.2) is 22.5 Å². The van der Waals surface area contributed by atoms with Gasteiger partial charge in [0.1, 0.15) is 6.10 Å². The Morgan fingerprint density at radius 2 is 2.32 bits per heavy atom. The van der Waals surface area contributed by atoms with Crippen LogP contribution in [0.15, 0.2) is 29.6 Å². The molecule has 3 aromatic rings. The summed E-state index contributed by atoms with van der Waals surface area (Å²) in [4.78, 5) is 17.3. The molecule has 1 unspecified atom stereocenters.